The Balaban J connectivity index is 1.82. The molecule has 0 aliphatic carbocycles. The lowest BCUT2D eigenvalue weighted by Gasteiger charge is -2.10. The van der Waals surface area contributed by atoms with Gasteiger partial charge in [0.25, 0.3) is 0 Å². The van der Waals surface area contributed by atoms with Crippen LogP contribution in [-0.2, 0) is 22.5 Å². The molecule has 0 radical (unpaired) electrons. The molecule has 1 amide bonds. The van der Waals surface area contributed by atoms with Crippen LogP contribution in [0.5, 0.6) is 0 Å². The Bertz CT molecular complexity index is 713. The summed E-state index contributed by atoms with van der Waals surface area (Å²) in [6.45, 7) is 8.17. The zero-order valence-electron chi connectivity index (χ0n) is 15.5. The van der Waals surface area contributed by atoms with Gasteiger partial charge in [-0.2, -0.15) is 0 Å². The molecule has 0 atom stereocenters. The van der Waals surface area contributed by atoms with Crippen LogP contribution in [0.1, 0.15) is 22.5 Å². The molecule has 2 aromatic rings. The lowest BCUT2D eigenvalue weighted by molar-refractivity contribution is -0.118. The molecule has 0 aliphatic heterocycles. The maximum Gasteiger partial charge on any atom is 0.230 e. The molecule has 0 bridgehead atoms. The summed E-state index contributed by atoms with van der Waals surface area (Å²) < 4.78 is 7.27. The molecule has 5 nitrogen and oxygen atoms in total. The third kappa shape index (κ3) is 5.61. The van der Waals surface area contributed by atoms with Crippen LogP contribution in [0.3, 0.4) is 0 Å². The number of thioether (sulfide) groups is 1. The molecule has 25 heavy (non-hydrogen) atoms. The number of ether oxygens (including phenoxy) is 1. The van der Waals surface area contributed by atoms with E-state index in [1.165, 1.54) is 22.9 Å². The topological polar surface area (TPSA) is 56.1 Å². The van der Waals surface area contributed by atoms with Gasteiger partial charge in [-0.15, -0.1) is 0 Å². The molecule has 2 rings (SSSR count). The lowest BCUT2D eigenvalue weighted by Crippen LogP contribution is -2.27. The van der Waals surface area contributed by atoms with E-state index in [2.05, 4.69) is 33.9 Å². The highest BCUT2D eigenvalue weighted by Gasteiger charge is 2.13. The van der Waals surface area contributed by atoms with Gasteiger partial charge >= 0.3 is 0 Å². The summed E-state index contributed by atoms with van der Waals surface area (Å²) in [5, 5.41) is 3.87. The summed E-state index contributed by atoms with van der Waals surface area (Å²) >= 11 is 1.47. The zero-order valence-corrected chi connectivity index (χ0v) is 16.3. The molecule has 136 valence electrons. The molecule has 0 unspecified atom stereocenters. The number of benzene rings is 1. The smallest absolute Gasteiger partial charge is 0.230 e. The Morgan fingerprint density at radius 2 is 2.04 bits per heavy atom. The third-order valence-electron chi connectivity index (χ3n) is 4.25. The minimum atomic E-state index is 0.0372. The van der Waals surface area contributed by atoms with E-state index in [1.807, 2.05) is 26.0 Å². The number of nitrogens with one attached hydrogen (secondary N) is 1. The molecule has 0 saturated carbocycles. The predicted octanol–water partition coefficient (Wildman–Crippen LogP) is 2.91. The second kappa shape index (κ2) is 9.63. The van der Waals surface area contributed by atoms with Crippen molar-refractivity contribution in [2.75, 3.05) is 26.0 Å². The summed E-state index contributed by atoms with van der Waals surface area (Å²) in [6.07, 6.45) is 0.851. The number of amides is 1. The number of nitrogens with zero attached hydrogens (tertiary/aromatic N) is 2. The normalized spacial score (nSPS) is 10.9. The van der Waals surface area contributed by atoms with Crippen LogP contribution in [0, 0.1) is 20.8 Å². The summed E-state index contributed by atoms with van der Waals surface area (Å²) in [5.41, 5.74) is 4.66. The highest BCUT2D eigenvalue weighted by molar-refractivity contribution is 7.99. The van der Waals surface area contributed by atoms with Gasteiger partial charge in [0.1, 0.15) is 0 Å². The molecule has 1 aromatic carbocycles. The first-order valence-corrected chi connectivity index (χ1v) is 9.48. The van der Waals surface area contributed by atoms with Crippen LogP contribution in [0.4, 0.5) is 0 Å². The van der Waals surface area contributed by atoms with E-state index in [4.69, 9.17) is 4.74 Å². The first-order valence-electron chi connectivity index (χ1n) is 8.49. The maximum atomic E-state index is 12.1. The van der Waals surface area contributed by atoms with Crippen molar-refractivity contribution < 1.29 is 9.53 Å². The van der Waals surface area contributed by atoms with Gasteiger partial charge in [0.15, 0.2) is 5.16 Å². The number of aromatic nitrogens is 2. The number of methoxy groups -OCH3 is 1. The average Bonchev–Trinajstić information content (AvgIpc) is 2.87. The van der Waals surface area contributed by atoms with Crippen molar-refractivity contribution >= 4 is 17.7 Å². The number of carbonyl (C=O) groups excluding carboxylic acids is 1. The average molecular weight is 362 g/mol. The largest absolute Gasteiger partial charge is 0.383 e. The molecule has 1 aromatic heterocycles. The van der Waals surface area contributed by atoms with Crippen molar-refractivity contribution in [3.05, 3.63) is 46.8 Å². The quantitative estimate of drug-likeness (QED) is 0.698. The first kappa shape index (κ1) is 19.5. The van der Waals surface area contributed by atoms with Crippen LogP contribution < -0.4 is 5.32 Å². The van der Waals surface area contributed by atoms with Gasteiger partial charge in [-0.05, 0) is 38.3 Å². The second-order valence-corrected chi connectivity index (χ2v) is 6.97. The number of rotatable bonds is 9. The Hall–Kier alpha value is -1.79. The Morgan fingerprint density at radius 1 is 1.28 bits per heavy atom. The number of aryl methyl sites for hydroxylation is 2. The van der Waals surface area contributed by atoms with Crippen LogP contribution in [0.25, 0.3) is 0 Å². The second-order valence-electron chi connectivity index (χ2n) is 6.02. The van der Waals surface area contributed by atoms with E-state index in [1.54, 1.807) is 7.11 Å². The van der Waals surface area contributed by atoms with E-state index in [0.717, 1.165) is 29.5 Å². The highest BCUT2D eigenvalue weighted by atomic mass is 32.2. The van der Waals surface area contributed by atoms with Gasteiger partial charge in [-0.25, -0.2) is 4.98 Å². The van der Waals surface area contributed by atoms with Crippen molar-refractivity contribution in [1.82, 2.24) is 14.9 Å². The van der Waals surface area contributed by atoms with Gasteiger partial charge in [0, 0.05) is 25.9 Å². The van der Waals surface area contributed by atoms with Gasteiger partial charge in [0.05, 0.1) is 18.1 Å². The molecule has 1 N–H and O–H groups in total. The SMILES string of the molecule is COCCn1c(SCC(=O)NCCc2ccccc2C)nc(C)c1C. The summed E-state index contributed by atoms with van der Waals surface area (Å²) in [6, 6.07) is 8.26. The number of imidazole rings is 1. The predicted molar refractivity (Wildman–Crippen MR) is 102 cm³/mol. The van der Waals surface area contributed by atoms with Crippen molar-refractivity contribution in [2.24, 2.45) is 0 Å². The van der Waals surface area contributed by atoms with Gasteiger partial charge < -0.3 is 14.6 Å². The fourth-order valence-corrected chi connectivity index (χ4v) is 3.54. The van der Waals surface area contributed by atoms with Gasteiger partial charge in [-0.3, -0.25) is 4.79 Å². The monoisotopic (exact) mass is 361 g/mol. The Kier molecular flexibility index (Phi) is 7.52. The number of hydrogen-bond acceptors (Lipinski definition) is 4. The highest BCUT2D eigenvalue weighted by Crippen LogP contribution is 2.21. The third-order valence-corrected chi connectivity index (χ3v) is 5.23. The zero-order chi connectivity index (χ0) is 18.2. The van der Waals surface area contributed by atoms with E-state index in [-0.39, 0.29) is 5.91 Å². The van der Waals surface area contributed by atoms with Crippen LogP contribution in [0.2, 0.25) is 0 Å². The van der Waals surface area contributed by atoms with E-state index in [0.29, 0.717) is 18.9 Å². The van der Waals surface area contributed by atoms with Crippen LogP contribution in [-0.4, -0.2) is 41.5 Å². The number of hydrogen-bond donors (Lipinski definition) is 1. The van der Waals surface area contributed by atoms with Crippen molar-refractivity contribution in [3.63, 3.8) is 0 Å². The summed E-state index contributed by atoms with van der Waals surface area (Å²) in [7, 11) is 1.69. The van der Waals surface area contributed by atoms with Crippen molar-refractivity contribution in [1.29, 1.82) is 0 Å². The number of carbonyl (C=O) groups is 1. The molecule has 1 heterocycles. The van der Waals surface area contributed by atoms with E-state index < -0.39 is 0 Å². The fourth-order valence-electron chi connectivity index (χ4n) is 2.59. The fraction of sp³-hybridized carbons (Fsp3) is 0.474. The van der Waals surface area contributed by atoms with Crippen LogP contribution >= 0.6 is 11.8 Å². The molecular weight excluding hydrogens is 334 g/mol. The van der Waals surface area contributed by atoms with Crippen LogP contribution in [0.15, 0.2) is 29.4 Å². The van der Waals surface area contributed by atoms with Crippen molar-refractivity contribution in [2.45, 2.75) is 38.9 Å². The molecule has 0 aliphatic rings. The van der Waals surface area contributed by atoms with E-state index in [9.17, 15) is 4.79 Å². The summed E-state index contributed by atoms with van der Waals surface area (Å²) in [4.78, 5) is 16.7. The summed E-state index contributed by atoms with van der Waals surface area (Å²) in [5.74, 6) is 0.409. The minimum Gasteiger partial charge on any atom is -0.383 e. The van der Waals surface area contributed by atoms with Crippen molar-refractivity contribution in [3.8, 4) is 0 Å². The molecule has 6 heteroatoms. The first-order chi connectivity index (χ1) is 12.0. The standard InChI is InChI=1S/C19H27N3O2S/c1-14-7-5-6-8-17(14)9-10-20-18(23)13-25-19-21-15(2)16(3)22(19)11-12-24-4/h5-8H,9-13H2,1-4H3,(H,20,23). The molecule has 0 fully saturated rings. The molecule has 0 saturated heterocycles. The molecule has 0 spiro atoms. The van der Waals surface area contributed by atoms with Gasteiger partial charge in [0.2, 0.25) is 5.91 Å². The maximum absolute atomic E-state index is 12.1. The van der Waals surface area contributed by atoms with Gasteiger partial charge in [-0.1, -0.05) is 36.0 Å². The molecular formula is C19H27N3O2S. The van der Waals surface area contributed by atoms with E-state index >= 15 is 0 Å². The Labute approximate surface area is 154 Å². The lowest BCUT2D eigenvalue weighted by atomic mass is 10.1. The Morgan fingerprint density at radius 3 is 2.76 bits per heavy atom. The minimum absolute atomic E-state index is 0.0372.